The standard InChI is InChI=1S/C26H40Cl2N4O3/c1-6-9-11-19(8-3)24(33)32-15-14-31(16-18(32)5)25(34)23(17(4)7-2)30-26(35)29-21-13-10-12-20(27)22(21)28/h10,12-13,17-19,23H,6-9,11,14-16H2,1-5H3,(H2,29,30,35). The van der Waals surface area contributed by atoms with Crippen molar-refractivity contribution in [2.24, 2.45) is 11.8 Å². The molecule has 1 saturated heterocycles. The van der Waals surface area contributed by atoms with Crippen molar-refractivity contribution >= 4 is 46.7 Å². The lowest BCUT2D eigenvalue weighted by molar-refractivity contribution is -0.146. The normalized spacial score (nSPS) is 18.5. The molecule has 1 aliphatic rings. The molecule has 0 aromatic heterocycles. The van der Waals surface area contributed by atoms with Crippen molar-refractivity contribution in [1.82, 2.24) is 15.1 Å². The molecule has 7 nitrogen and oxygen atoms in total. The van der Waals surface area contributed by atoms with Crippen LogP contribution in [0.4, 0.5) is 10.5 Å². The van der Waals surface area contributed by atoms with Gasteiger partial charge < -0.3 is 20.4 Å². The summed E-state index contributed by atoms with van der Waals surface area (Å²) in [6.45, 7) is 11.5. The Morgan fingerprint density at radius 1 is 1.09 bits per heavy atom. The van der Waals surface area contributed by atoms with Gasteiger partial charge in [0.25, 0.3) is 0 Å². The Kier molecular flexibility index (Phi) is 11.6. The molecule has 4 unspecified atom stereocenters. The first-order chi connectivity index (χ1) is 16.6. The van der Waals surface area contributed by atoms with Crippen LogP contribution in [-0.2, 0) is 9.59 Å². The van der Waals surface area contributed by atoms with E-state index < -0.39 is 12.1 Å². The number of piperazine rings is 1. The van der Waals surface area contributed by atoms with E-state index in [0.717, 1.165) is 32.1 Å². The smallest absolute Gasteiger partial charge is 0.319 e. The average molecular weight is 528 g/mol. The summed E-state index contributed by atoms with van der Waals surface area (Å²) >= 11 is 12.2. The average Bonchev–Trinajstić information content (AvgIpc) is 2.84. The topological polar surface area (TPSA) is 81.8 Å². The van der Waals surface area contributed by atoms with Gasteiger partial charge in [0.15, 0.2) is 0 Å². The molecule has 35 heavy (non-hydrogen) atoms. The highest BCUT2D eigenvalue weighted by molar-refractivity contribution is 6.43. The summed E-state index contributed by atoms with van der Waals surface area (Å²) in [6.07, 6.45) is 4.57. The lowest BCUT2D eigenvalue weighted by atomic mass is 9.95. The Morgan fingerprint density at radius 3 is 2.40 bits per heavy atom. The van der Waals surface area contributed by atoms with E-state index in [0.29, 0.717) is 30.3 Å². The highest BCUT2D eigenvalue weighted by atomic mass is 35.5. The second-order valence-electron chi connectivity index (χ2n) is 9.48. The lowest BCUT2D eigenvalue weighted by Crippen LogP contribution is -2.60. The van der Waals surface area contributed by atoms with Gasteiger partial charge in [0, 0.05) is 31.6 Å². The number of halogens is 2. The van der Waals surface area contributed by atoms with Crippen molar-refractivity contribution in [3.05, 3.63) is 28.2 Å². The van der Waals surface area contributed by atoms with Crippen molar-refractivity contribution in [2.45, 2.75) is 78.8 Å². The van der Waals surface area contributed by atoms with Gasteiger partial charge in [0.2, 0.25) is 11.8 Å². The van der Waals surface area contributed by atoms with Crippen molar-refractivity contribution in [3.63, 3.8) is 0 Å². The van der Waals surface area contributed by atoms with E-state index in [9.17, 15) is 14.4 Å². The van der Waals surface area contributed by atoms with Gasteiger partial charge in [-0.1, -0.05) is 76.2 Å². The Labute approximate surface area is 219 Å². The molecule has 0 spiro atoms. The van der Waals surface area contributed by atoms with Gasteiger partial charge in [-0.25, -0.2) is 4.79 Å². The summed E-state index contributed by atoms with van der Waals surface area (Å²) in [5, 5.41) is 6.11. The number of carbonyl (C=O) groups excluding carboxylic acids is 3. The van der Waals surface area contributed by atoms with Crippen molar-refractivity contribution < 1.29 is 14.4 Å². The van der Waals surface area contributed by atoms with Gasteiger partial charge >= 0.3 is 6.03 Å². The fourth-order valence-corrected chi connectivity index (χ4v) is 4.80. The van der Waals surface area contributed by atoms with E-state index in [1.807, 2.05) is 25.7 Å². The number of hydrogen-bond acceptors (Lipinski definition) is 3. The second-order valence-corrected chi connectivity index (χ2v) is 10.3. The van der Waals surface area contributed by atoms with Gasteiger partial charge in [0.05, 0.1) is 15.7 Å². The zero-order chi connectivity index (χ0) is 26.1. The summed E-state index contributed by atoms with van der Waals surface area (Å²) in [4.78, 5) is 43.1. The molecule has 1 aromatic rings. The van der Waals surface area contributed by atoms with Gasteiger partial charge in [-0.2, -0.15) is 0 Å². The molecule has 0 saturated carbocycles. The minimum absolute atomic E-state index is 0.0381. The molecule has 4 atom stereocenters. The van der Waals surface area contributed by atoms with Gasteiger partial charge in [0.1, 0.15) is 6.04 Å². The molecule has 0 radical (unpaired) electrons. The monoisotopic (exact) mass is 526 g/mol. The van der Waals surface area contributed by atoms with Gasteiger partial charge in [-0.15, -0.1) is 0 Å². The quantitative estimate of drug-likeness (QED) is 0.403. The number of carbonyl (C=O) groups is 3. The van der Waals surface area contributed by atoms with Crippen LogP contribution in [0.2, 0.25) is 10.0 Å². The molecule has 0 bridgehead atoms. The highest BCUT2D eigenvalue weighted by Gasteiger charge is 2.36. The first-order valence-electron chi connectivity index (χ1n) is 12.7. The molecule has 1 heterocycles. The molecule has 2 N–H and O–H groups in total. The first kappa shape index (κ1) is 29.2. The third kappa shape index (κ3) is 7.74. The maximum atomic E-state index is 13.5. The van der Waals surface area contributed by atoms with Crippen molar-refractivity contribution in [2.75, 3.05) is 25.0 Å². The lowest BCUT2D eigenvalue weighted by Gasteiger charge is -2.42. The maximum absolute atomic E-state index is 13.5. The first-order valence-corrected chi connectivity index (χ1v) is 13.5. The van der Waals surface area contributed by atoms with E-state index in [1.165, 1.54) is 0 Å². The Morgan fingerprint density at radius 2 is 1.80 bits per heavy atom. The van der Waals surface area contributed by atoms with Crippen LogP contribution in [0.15, 0.2) is 18.2 Å². The van der Waals surface area contributed by atoms with Crippen molar-refractivity contribution in [3.8, 4) is 0 Å². The molecule has 196 valence electrons. The van der Waals surface area contributed by atoms with Crippen LogP contribution in [0, 0.1) is 11.8 Å². The van der Waals surface area contributed by atoms with E-state index >= 15 is 0 Å². The molecular formula is C26H40Cl2N4O3. The predicted octanol–water partition coefficient (Wildman–Crippen LogP) is 5.81. The summed E-state index contributed by atoms with van der Waals surface area (Å²) in [5.74, 6) is 0.0198. The Balaban J connectivity index is 2.06. The number of anilines is 1. The van der Waals surface area contributed by atoms with Crippen LogP contribution in [0.25, 0.3) is 0 Å². The van der Waals surface area contributed by atoms with E-state index in [4.69, 9.17) is 23.2 Å². The summed E-state index contributed by atoms with van der Waals surface area (Å²) in [6, 6.07) is 3.69. The van der Waals surface area contributed by atoms with Gasteiger partial charge in [-0.3, -0.25) is 9.59 Å². The Hall–Kier alpha value is -1.99. The molecule has 4 amide bonds. The molecule has 0 aliphatic carbocycles. The third-order valence-electron chi connectivity index (χ3n) is 6.94. The fraction of sp³-hybridized carbons (Fsp3) is 0.654. The van der Waals surface area contributed by atoms with Crippen LogP contribution in [0.1, 0.15) is 66.7 Å². The van der Waals surface area contributed by atoms with Crippen LogP contribution in [0.3, 0.4) is 0 Å². The zero-order valence-corrected chi connectivity index (χ0v) is 23.1. The third-order valence-corrected chi connectivity index (χ3v) is 7.75. The Bertz CT molecular complexity index is 882. The van der Waals surface area contributed by atoms with Gasteiger partial charge in [-0.05, 0) is 37.8 Å². The number of urea groups is 1. The number of nitrogens with one attached hydrogen (secondary N) is 2. The fourth-order valence-electron chi connectivity index (χ4n) is 4.45. The summed E-state index contributed by atoms with van der Waals surface area (Å²) in [5.41, 5.74) is 0.376. The number of amides is 4. The minimum Gasteiger partial charge on any atom is -0.337 e. The second kappa shape index (κ2) is 13.9. The molecular weight excluding hydrogens is 487 g/mol. The zero-order valence-electron chi connectivity index (χ0n) is 21.6. The number of rotatable bonds is 10. The van der Waals surface area contributed by atoms with Crippen LogP contribution >= 0.6 is 23.2 Å². The number of unbranched alkanes of at least 4 members (excludes halogenated alkanes) is 1. The molecule has 1 aromatic carbocycles. The molecule has 2 rings (SSSR count). The number of benzene rings is 1. The maximum Gasteiger partial charge on any atom is 0.319 e. The largest absolute Gasteiger partial charge is 0.337 e. The highest BCUT2D eigenvalue weighted by Crippen LogP contribution is 2.29. The number of hydrogen-bond donors (Lipinski definition) is 2. The summed E-state index contributed by atoms with van der Waals surface area (Å²) < 4.78 is 0. The van der Waals surface area contributed by atoms with E-state index in [2.05, 4.69) is 24.5 Å². The SMILES string of the molecule is CCCCC(CC)C(=O)N1CCN(C(=O)C(NC(=O)Nc2cccc(Cl)c2Cl)C(C)CC)CC1C. The molecule has 9 heteroatoms. The van der Waals surface area contributed by atoms with Crippen LogP contribution in [-0.4, -0.2) is 59.4 Å². The van der Waals surface area contributed by atoms with Crippen LogP contribution in [0.5, 0.6) is 0 Å². The van der Waals surface area contributed by atoms with E-state index in [1.54, 1.807) is 23.1 Å². The van der Waals surface area contributed by atoms with Crippen molar-refractivity contribution in [1.29, 1.82) is 0 Å². The molecule has 1 fully saturated rings. The summed E-state index contributed by atoms with van der Waals surface area (Å²) in [7, 11) is 0. The number of nitrogens with zero attached hydrogens (tertiary/aromatic N) is 2. The predicted molar refractivity (Wildman–Crippen MR) is 143 cm³/mol. The minimum atomic E-state index is -0.694. The van der Waals surface area contributed by atoms with E-state index in [-0.39, 0.29) is 34.7 Å². The molecule has 1 aliphatic heterocycles. The van der Waals surface area contributed by atoms with Crippen LogP contribution < -0.4 is 10.6 Å².